The van der Waals surface area contributed by atoms with Gasteiger partial charge in [0.2, 0.25) is 0 Å². The standard InChI is InChI=1S/C15H23BrN2O/c1-3-11-7-5-6-8-13(11)17-15(19)14-9-12(16)10-18(14)4-2/h9-11,13H,3-8H2,1-2H3,(H,17,19). The third kappa shape index (κ3) is 3.41. The SMILES string of the molecule is CCC1CCCCC1NC(=O)c1cc(Br)cn1CC. The van der Waals surface area contributed by atoms with Crippen LogP contribution in [0, 0.1) is 5.92 Å². The second-order valence-corrected chi connectivity index (χ2v) is 6.28. The van der Waals surface area contributed by atoms with E-state index in [1.807, 2.05) is 16.8 Å². The first kappa shape index (κ1) is 14.6. The van der Waals surface area contributed by atoms with Crippen LogP contribution >= 0.6 is 15.9 Å². The minimum atomic E-state index is 0.0675. The van der Waals surface area contributed by atoms with E-state index in [9.17, 15) is 4.79 Å². The summed E-state index contributed by atoms with van der Waals surface area (Å²) in [4.78, 5) is 12.4. The van der Waals surface area contributed by atoms with Crippen LogP contribution in [-0.4, -0.2) is 16.5 Å². The van der Waals surface area contributed by atoms with Crippen LogP contribution in [0.3, 0.4) is 0 Å². The lowest BCUT2D eigenvalue weighted by Gasteiger charge is -2.31. The third-order valence-corrected chi connectivity index (χ3v) is 4.62. The summed E-state index contributed by atoms with van der Waals surface area (Å²) in [6, 6.07) is 2.26. The molecule has 106 valence electrons. The fraction of sp³-hybridized carbons (Fsp3) is 0.667. The van der Waals surface area contributed by atoms with Gasteiger partial charge in [0.05, 0.1) is 0 Å². The van der Waals surface area contributed by atoms with Gasteiger partial charge in [0.15, 0.2) is 0 Å². The van der Waals surface area contributed by atoms with Crippen molar-refractivity contribution in [2.45, 2.75) is 58.5 Å². The molecule has 1 N–H and O–H groups in total. The summed E-state index contributed by atoms with van der Waals surface area (Å²) in [6.07, 6.45) is 8.04. The Morgan fingerprint density at radius 1 is 1.42 bits per heavy atom. The molecule has 1 heterocycles. The van der Waals surface area contributed by atoms with Gasteiger partial charge >= 0.3 is 0 Å². The summed E-state index contributed by atoms with van der Waals surface area (Å²) in [5.74, 6) is 0.712. The van der Waals surface area contributed by atoms with E-state index in [-0.39, 0.29) is 5.91 Å². The van der Waals surface area contributed by atoms with E-state index < -0.39 is 0 Å². The van der Waals surface area contributed by atoms with Crippen molar-refractivity contribution >= 4 is 21.8 Å². The number of carbonyl (C=O) groups excluding carboxylic acids is 1. The second kappa shape index (κ2) is 6.60. The maximum Gasteiger partial charge on any atom is 0.268 e. The number of rotatable bonds is 4. The van der Waals surface area contributed by atoms with Gasteiger partial charge in [0.25, 0.3) is 5.91 Å². The fourth-order valence-electron chi connectivity index (χ4n) is 3.06. The molecule has 3 nitrogen and oxygen atoms in total. The number of amides is 1. The van der Waals surface area contributed by atoms with Gasteiger partial charge < -0.3 is 9.88 Å². The predicted molar refractivity (Wildman–Crippen MR) is 81.3 cm³/mol. The number of hydrogen-bond donors (Lipinski definition) is 1. The van der Waals surface area contributed by atoms with Crippen molar-refractivity contribution in [2.24, 2.45) is 5.92 Å². The maximum absolute atomic E-state index is 12.4. The highest BCUT2D eigenvalue weighted by atomic mass is 79.9. The molecule has 19 heavy (non-hydrogen) atoms. The number of aryl methyl sites for hydroxylation is 1. The Morgan fingerprint density at radius 3 is 2.84 bits per heavy atom. The van der Waals surface area contributed by atoms with Gasteiger partial charge in [-0.15, -0.1) is 0 Å². The molecule has 4 heteroatoms. The Morgan fingerprint density at radius 2 is 2.16 bits per heavy atom. The molecule has 0 bridgehead atoms. The minimum absolute atomic E-state index is 0.0675. The molecule has 2 atom stereocenters. The van der Waals surface area contributed by atoms with Gasteiger partial charge in [-0.3, -0.25) is 4.79 Å². The largest absolute Gasteiger partial charge is 0.348 e. The molecule has 0 spiro atoms. The lowest BCUT2D eigenvalue weighted by molar-refractivity contribution is 0.0895. The van der Waals surface area contributed by atoms with Crippen molar-refractivity contribution in [1.29, 1.82) is 0 Å². The Kier molecular flexibility index (Phi) is 5.08. The Hall–Kier alpha value is -0.770. The summed E-state index contributed by atoms with van der Waals surface area (Å²) in [5.41, 5.74) is 0.759. The highest BCUT2D eigenvalue weighted by molar-refractivity contribution is 9.10. The quantitative estimate of drug-likeness (QED) is 0.892. The van der Waals surface area contributed by atoms with Crippen molar-refractivity contribution in [3.63, 3.8) is 0 Å². The monoisotopic (exact) mass is 326 g/mol. The molecule has 1 amide bonds. The second-order valence-electron chi connectivity index (χ2n) is 5.36. The van der Waals surface area contributed by atoms with Crippen LogP contribution in [0.15, 0.2) is 16.7 Å². The zero-order valence-electron chi connectivity index (χ0n) is 11.8. The summed E-state index contributed by atoms with van der Waals surface area (Å²) in [7, 11) is 0. The van der Waals surface area contributed by atoms with Crippen LogP contribution in [0.5, 0.6) is 0 Å². The van der Waals surface area contributed by atoms with Gasteiger partial charge in [-0.1, -0.05) is 26.2 Å². The zero-order valence-corrected chi connectivity index (χ0v) is 13.4. The van der Waals surface area contributed by atoms with E-state index >= 15 is 0 Å². The number of halogens is 1. The molecule has 1 fully saturated rings. The van der Waals surface area contributed by atoms with Gasteiger partial charge in [-0.05, 0) is 47.7 Å². The fourth-order valence-corrected chi connectivity index (χ4v) is 3.52. The van der Waals surface area contributed by atoms with Gasteiger partial charge in [0, 0.05) is 23.3 Å². The van der Waals surface area contributed by atoms with Crippen LogP contribution in [0.25, 0.3) is 0 Å². The van der Waals surface area contributed by atoms with Crippen LogP contribution in [-0.2, 0) is 6.54 Å². The number of carbonyl (C=O) groups is 1. The molecule has 1 aromatic rings. The Labute approximate surface area is 123 Å². The minimum Gasteiger partial charge on any atom is -0.348 e. The van der Waals surface area contributed by atoms with Gasteiger partial charge in [-0.2, -0.15) is 0 Å². The number of aromatic nitrogens is 1. The Balaban J connectivity index is 2.07. The van der Waals surface area contributed by atoms with E-state index in [0.717, 1.165) is 29.6 Å². The van der Waals surface area contributed by atoms with E-state index in [1.165, 1.54) is 19.3 Å². The van der Waals surface area contributed by atoms with Crippen LogP contribution in [0.4, 0.5) is 0 Å². The van der Waals surface area contributed by atoms with Crippen LogP contribution < -0.4 is 5.32 Å². The lowest BCUT2D eigenvalue weighted by atomic mass is 9.83. The molecule has 0 aromatic carbocycles. The number of nitrogens with zero attached hydrogens (tertiary/aromatic N) is 1. The summed E-state index contributed by atoms with van der Waals surface area (Å²) in [5, 5.41) is 3.24. The summed E-state index contributed by atoms with van der Waals surface area (Å²) in [6.45, 7) is 5.09. The van der Waals surface area contributed by atoms with E-state index in [4.69, 9.17) is 0 Å². The van der Waals surface area contributed by atoms with Crippen LogP contribution in [0.2, 0.25) is 0 Å². The first-order valence-corrected chi connectivity index (χ1v) is 8.11. The van der Waals surface area contributed by atoms with E-state index in [1.54, 1.807) is 0 Å². The molecule has 1 aliphatic rings. The van der Waals surface area contributed by atoms with Crippen molar-refractivity contribution in [3.05, 3.63) is 22.4 Å². The highest BCUT2D eigenvalue weighted by Crippen LogP contribution is 2.27. The molecular weight excluding hydrogens is 304 g/mol. The highest BCUT2D eigenvalue weighted by Gasteiger charge is 2.26. The molecule has 0 saturated heterocycles. The normalized spacial score (nSPS) is 23.3. The van der Waals surface area contributed by atoms with E-state index in [2.05, 4.69) is 35.1 Å². The van der Waals surface area contributed by atoms with Crippen molar-refractivity contribution in [3.8, 4) is 0 Å². The first-order chi connectivity index (χ1) is 9.15. The summed E-state index contributed by atoms with van der Waals surface area (Å²) < 4.78 is 2.96. The molecule has 1 aromatic heterocycles. The molecule has 1 aliphatic carbocycles. The molecule has 0 radical (unpaired) electrons. The molecule has 2 rings (SSSR count). The Bertz CT molecular complexity index is 441. The topological polar surface area (TPSA) is 34.0 Å². The summed E-state index contributed by atoms with van der Waals surface area (Å²) >= 11 is 3.44. The number of nitrogens with one attached hydrogen (secondary N) is 1. The van der Waals surface area contributed by atoms with Gasteiger partial charge in [-0.25, -0.2) is 0 Å². The maximum atomic E-state index is 12.4. The van der Waals surface area contributed by atoms with Gasteiger partial charge in [0.1, 0.15) is 5.69 Å². The third-order valence-electron chi connectivity index (χ3n) is 4.19. The lowest BCUT2D eigenvalue weighted by Crippen LogP contribution is -2.42. The van der Waals surface area contributed by atoms with Crippen molar-refractivity contribution in [2.75, 3.05) is 0 Å². The van der Waals surface area contributed by atoms with Crippen LogP contribution in [0.1, 0.15) is 56.4 Å². The molecule has 2 unspecified atom stereocenters. The average molecular weight is 327 g/mol. The van der Waals surface area contributed by atoms with Crippen molar-refractivity contribution < 1.29 is 4.79 Å². The molecule has 1 saturated carbocycles. The molecule has 0 aliphatic heterocycles. The predicted octanol–water partition coefficient (Wildman–Crippen LogP) is 3.97. The number of hydrogen-bond acceptors (Lipinski definition) is 1. The molecular formula is C15H23BrN2O. The van der Waals surface area contributed by atoms with E-state index in [0.29, 0.717) is 12.0 Å². The smallest absolute Gasteiger partial charge is 0.268 e. The van der Waals surface area contributed by atoms with Crippen molar-refractivity contribution in [1.82, 2.24) is 9.88 Å². The zero-order chi connectivity index (χ0) is 13.8. The average Bonchev–Trinajstić information content (AvgIpc) is 2.80. The first-order valence-electron chi connectivity index (χ1n) is 7.32.